The quantitative estimate of drug-likeness (QED) is 0.284. The number of thioether (sulfide) groups is 1. The number of nitrogens with zero attached hydrogens (tertiary/aromatic N) is 3. The second kappa shape index (κ2) is 8.39. The molecule has 0 aliphatic carbocycles. The molecule has 160 valence electrons. The highest BCUT2D eigenvalue weighted by Gasteiger charge is 2.19. The maximum atomic E-state index is 12.1. The Hall–Kier alpha value is -3.78. The molecule has 32 heavy (non-hydrogen) atoms. The summed E-state index contributed by atoms with van der Waals surface area (Å²) in [6.45, 7) is 1.97. The van der Waals surface area contributed by atoms with Gasteiger partial charge in [-0.2, -0.15) is 0 Å². The number of para-hydroxylation sites is 1. The third kappa shape index (κ3) is 3.69. The zero-order valence-electron chi connectivity index (χ0n) is 17.2. The van der Waals surface area contributed by atoms with E-state index in [2.05, 4.69) is 10.2 Å². The predicted molar refractivity (Wildman–Crippen MR) is 122 cm³/mol. The first kappa shape index (κ1) is 20.1. The molecule has 0 unspecified atom stereocenters. The fraction of sp³-hybridized carbons (Fsp3) is 0.125. The number of hydrogen-bond donors (Lipinski definition) is 1. The van der Waals surface area contributed by atoms with E-state index in [4.69, 9.17) is 8.83 Å². The van der Waals surface area contributed by atoms with Gasteiger partial charge in [0.15, 0.2) is 10.9 Å². The van der Waals surface area contributed by atoms with Crippen molar-refractivity contribution in [2.45, 2.75) is 24.3 Å². The average Bonchev–Trinajstić information content (AvgIpc) is 3.47. The van der Waals surface area contributed by atoms with Crippen LogP contribution in [0.25, 0.3) is 28.2 Å². The summed E-state index contributed by atoms with van der Waals surface area (Å²) in [5, 5.41) is 20.4. The fourth-order valence-corrected chi connectivity index (χ4v) is 4.53. The van der Waals surface area contributed by atoms with Crippen molar-refractivity contribution in [3.05, 3.63) is 88.5 Å². The van der Waals surface area contributed by atoms with Gasteiger partial charge in [-0.3, -0.25) is 4.57 Å². The maximum absolute atomic E-state index is 12.1. The fourth-order valence-electron chi connectivity index (χ4n) is 3.59. The zero-order chi connectivity index (χ0) is 22.1. The Kier molecular flexibility index (Phi) is 5.28. The lowest BCUT2D eigenvalue weighted by atomic mass is 10.1. The number of aryl methyl sites for hydroxylation is 1. The van der Waals surface area contributed by atoms with E-state index in [0.29, 0.717) is 34.5 Å². The number of benzene rings is 2. The van der Waals surface area contributed by atoms with Crippen LogP contribution >= 0.6 is 11.8 Å². The summed E-state index contributed by atoms with van der Waals surface area (Å²) in [4.78, 5) is 12.1. The van der Waals surface area contributed by atoms with Gasteiger partial charge in [0, 0.05) is 29.0 Å². The van der Waals surface area contributed by atoms with Crippen LogP contribution in [-0.2, 0) is 12.2 Å². The van der Waals surface area contributed by atoms with E-state index in [9.17, 15) is 9.90 Å². The lowest BCUT2D eigenvalue weighted by Gasteiger charge is -2.10. The van der Waals surface area contributed by atoms with Gasteiger partial charge in [0.2, 0.25) is 5.82 Å². The topological polar surface area (TPSA) is 94.3 Å². The van der Waals surface area contributed by atoms with Crippen LogP contribution < -0.4 is 5.63 Å². The van der Waals surface area contributed by atoms with E-state index in [1.165, 1.54) is 23.9 Å². The number of phenols is 1. The summed E-state index contributed by atoms with van der Waals surface area (Å²) >= 11 is 1.46. The Balaban J connectivity index is 1.56. The van der Waals surface area contributed by atoms with Crippen LogP contribution in [-0.4, -0.2) is 19.9 Å². The summed E-state index contributed by atoms with van der Waals surface area (Å²) < 4.78 is 12.8. The van der Waals surface area contributed by atoms with E-state index < -0.39 is 5.63 Å². The molecule has 0 amide bonds. The van der Waals surface area contributed by atoms with Crippen LogP contribution in [0.3, 0.4) is 0 Å². The molecular weight excluding hydrogens is 426 g/mol. The largest absolute Gasteiger partial charge is 0.508 e. The Labute approximate surface area is 187 Å². The average molecular weight is 446 g/mol. The Morgan fingerprint density at radius 3 is 2.62 bits per heavy atom. The normalized spacial score (nSPS) is 11.3. The van der Waals surface area contributed by atoms with Crippen molar-refractivity contribution in [1.29, 1.82) is 0 Å². The molecule has 3 aromatic heterocycles. The summed E-state index contributed by atoms with van der Waals surface area (Å²) in [6, 6.07) is 18.3. The summed E-state index contributed by atoms with van der Waals surface area (Å²) in [6.07, 6.45) is 2.27. The van der Waals surface area contributed by atoms with Crippen molar-refractivity contribution >= 4 is 22.7 Å². The Morgan fingerprint density at radius 1 is 1.03 bits per heavy atom. The van der Waals surface area contributed by atoms with Crippen molar-refractivity contribution < 1.29 is 13.9 Å². The standard InChI is InChI=1S/C24H19N3O4S/c1-2-15-11-18-16(12-22(29)31-21(18)13-19(15)28)14-32-24-26-25-23(20-9-6-10-30-20)27(24)17-7-4-3-5-8-17/h3-13,28H,2,14H2,1H3. The zero-order valence-corrected chi connectivity index (χ0v) is 18.0. The molecular formula is C24H19N3O4S. The summed E-state index contributed by atoms with van der Waals surface area (Å²) in [5.74, 6) is 1.81. The molecule has 5 aromatic rings. The van der Waals surface area contributed by atoms with Crippen LogP contribution in [0.15, 0.2) is 85.7 Å². The molecule has 8 heteroatoms. The first-order valence-corrected chi connectivity index (χ1v) is 11.1. The van der Waals surface area contributed by atoms with Crippen molar-refractivity contribution in [2.24, 2.45) is 0 Å². The van der Waals surface area contributed by atoms with Gasteiger partial charge >= 0.3 is 5.63 Å². The molecule has 0 saturated heterocycles. The lowest BCUT2D eigenvalue weighted by molar-refractivity contribution is 0.466. The third-order valence-corrected chi connectivity index (χ3v) is 6.13. The molecule has 0 spiro atoms. The van der Waals surface area contributed by atoms with E-state index in [1.807, 2.05) is 60.0 Å². The number of aromatic nitrogens is 3. The van der Waals surface area contributed by atoms with Crippen LogP contribution in [0.5, 0.6) is 5.75 Å². The minimum Gasteiger partial charge on any atom is -0.508 e. The van der Waals surface area contributed by atoms with Crippen LogP contribution in [0, 0.1) is 0 Å². The molecule has 0 saturated carbocycles. The first-order chi connectivity index (χ1) is 15.6. The van der Waals surface area contributed by atoms with Crippen LogP contribution in [0.4, 0.5) is 0 Å². The number of phenolic OH excluding ortho intramolecular Hbond substituents is 1. The van der Waals surface area contributed by atoms with Gasteiger partial charge < -0.3 is 13.9 Å². The van der Waals surface area contributed by atoms with Crippen LogP contribution in [0.1, 0.15) is 18.1 Å². The second-order valence-corrected chi connectivity index (χ2v) is 8.11. The van der Waals surface area contributed by atoms with Crippen LogP contribution in [0.2, 0.25) is 0 Å². The number of rotatable bonds is 6. The maximum Gasteiger partial charge on any atom is 0.336 e. The van der Waals surface area contributed by atoms with E-state index in [1.54, 1.807) is 6.26 Å². The molecule has 0 atom stereocenters. The number of hydrogen-bond acceptors (Lipinski definition) is 7. The highest BCUT2D eigenvalue weighted by atomic mass is 32.2. The van der Waals surface area contributed by atoms with Gasteiger partial charge in [-0.25, -0.2) is 4.79 Å². The predicted octanol–water partition coefficient (Wildman–Crippen LogP) is 5.19. The minimum absolute atomic E-state index is 0.125. The molecule has 5 rings (SSSR count). The minimum atomic E-state index is -0.461. The van der Waals surface area contributed by atoms with E-state index in [0.717, 1.165) is 22.2 Å². The number of fused-ring (bicyclic) bond motifs is 1. The Morgan fingerprint density at radius 2 is 1.88 bits per heavy atom. The van der Waals surface area contributed by atoms with E-state index in [-0.39, 0.29) is 5.75 Å². The summed E-state index contributed by atoms with van der Waals surface area (Å²) in [5.41, 5.74) is 2.41. The molecule has 0 bridgehead atoms. The van der Waals surface area contributed by atoms with Crippen molar-refractivity contribution in [3.63, 3.8) is 0 Å². The third-order valence-electron chi connectivity index (χ3n) is 5.16. The highest BCUT2D eigenvalue weighted by Crippen LogP contribution is 2.33. The second-order valence-electron chi connectivity index (χ2n) is 7.16. The van der Waals surface area contributed by atoms with Gasteiger partial charge in [-0.1, -0.05) is 36.9 Å². The number of furan rings is 1. The first-order valence-electron chi connectivity index (χ1n) is 10.1. The van der Waals surface area contributed by atoms with Gasteiger partial charge in [0.05, 0.1) is 6.26 Å². The monoisotopic (exact) mass is 445 g/mol. The number of aromatic hydroxyl groups is 1. The molecule has 2 aromatic carbocycles. The SMILES string of the molecule is CCc1cc2c(CSc3nnc(-c4ccco4)n3-c3ccccc3)cc(=O)oc2cc1O. The molecule has 0 aliphatic rings. The van der Waals surface area contributed by atoms with Crippen molar-refractivity contribution in [1.82, 2.24) is 14.8 Å². The van der Waals surface area contributed by atoms with Gasteiger partial charge in [0.25, 0.3) is 0 Å². The molecule has 0 aliphatic heterocycles. The molecule has 0 radical (unpaired) electrons. The molecule has 1 N–H and O–H groups in total. The van der Waals surface area contributed by atoms with Gasteiger partial charge in [-0.05, 0) is 47.9 Å². The van der Waals surface area contributed by atoms with Crippen molar-refractivity contribution in [3.8, 4) is 23.0 Å². The molecule has 7 nitrogen and oxygen atoms in total. The van der Waals surface area contributed by atoms with Gasteiger partial charge in [0.1, 0.15) is 11.3 Å². The van der Waals surface area contributed by atoms with E-state index >= 15 is 0 Å². The van der Waals surface area contributed by atoms with Gasteiger partial charge in [-0.15, -0.1) is 10.2 Å². The molecule has 3 heterocycles. The highest BCUT2D eigenvalue weighted by molar-refractivity contribution is 7.98. The smallest absolute Gasteiger partial charge is 0.336 e. The Bertz CT molecular complexity index is 1440. The summed E-state index contributed by atoms with van der Waals surface area (Å²) in [7, 11) is 0. The van der Waals surface area contributed by atoms with Crippen molar-refractivity contribution in [2.75, 3.05) is 0 Å². The molecule has 0 fully saturated rings. The lowest BCUT2D eigenvalue weighted by Crippen LogP contribution is -2.02.